The van der Waals surface area contributed by atoms with E-state index in [1.807, 2.05) is 0 Å². The summed E-state index contributed by atoms with van der Waals surface area (Å²) in [6.07, 6.45) is 2.23. The van der Waals surface area contributed by atoms with Gasteiger partial charge in [0.1, 0.15) is 6.33 Å². The van der Waals surface area contributed by atoms with Gasteiger partial charge in [-0.2, -0.15) is 0 Å². The highest BCUT2D eigenvalue weighted by Crippen LogP contribution is 2.28. The molecule has 0 spiro atoms. The van der Waals surface area contributed by atoms with E-state index in [1.165, 1.54) is 6.33 Å². The molecule has 7 nitrogen and oxygen atoms in total. The van der Waals surface area contributed by atoms with Crippen molar-refractivity contribution < 1.29 is 4.92 Å². The van der Waals surface area contributed by atoms with Crippen LogP contribution >= 0.6 is 0 Å². The van der Waals surface area contributed by atoms with Crippen molar-refractivity contribution in [2.75, 3.05) is 24.2 Å². The van der Waals surface area contributed by atoms with Crippen LogP contribution in [0.3, 0.4) is 0 Å². The summed E-state index contributed by atoms with van der Waals surface area (Å²) in [7, 11) is 1.59. The maximum Gasteiger partial charge on any atom is 0.353 e. The molecule has 0 bridgehead atoms. The number of rotatable bonds is 6. The maximum absolute atomic E-state index is 10.9. The molecule has 1 rings (SSSR count). The normalized spacial score (nSPS) is 10.4. The quantitative estimate of drug-likeness (QED) is 0.581. The Labute approximate surface area is 99.8 Å². The molecule has 94 valence electrons. The van der Waals surface area contributed by atoms with Crippen LogP contribution in [0, 0.1) is 16.0 Å². The third-order valence-electron chi connectivity index (χ3n) is 2.26. The Morgan fingerprint density at radius 2 is 2.06 bits per heavy atom. The van der Waals surface area contributed by atoms with Gasteiger partial charge in [0.2, 0.25) is 11.6 Å². The van der Waals surface area contributed by atoms with Crippen molar-refractivity contribution in [1.29, 1.82) is 0 Å². The van der Waals surface area contributed by atoms with Crippen LogP contribution in [-0.4, -0.2) is 28.5 Å². The summed E-state index contributed by atoms with van der Waals surface area (Å²) >= 11 is 0. The summed E-state index contributed by atoms with van der Waals surface area (Å²) in [5.41, 5.74) is -0.112. The van der Waals surface area contributed by atoms with Crippen molar-refractivity contribution in [1.82, 2.24) is 9.97 Å². The minimum atomic E-state index is -0.483. The third kappa shape index (κ3) is 3.54. The zero-order valence-electron chi connectivity index (χ0n) is 10.2. The molecule has 0 atom stereocenters. The third-order valence-corrected chi connectivity index (χ3v) is 2.26. The highest BCUT2D eigenvalue weighted by Gasteiger charge is 2.21. The van der Waals surface area contributed by atoms with E-state index >= 15 is 0 Å². The van der Waals surface area contributed by atoms with Crippen molar-refractivity contribution >= 4 is 17.3 Å². The summed E-state index contributed by atoms with van der Waals surface area (Å²) in [6, 6.07) is 0. The van der Waals surface area contributed by atoms with Gasteiger partial charge in [0.05, 0.1) is 4.92 Å². The molecular weight excluding hydrogens is 222 g/mol. The van der Waals surface area contributed by atoms with Crippen molar-refractivity contribution in [3.8, 4) is 0 Å². The van der Waals surface area contributed by atoms with E-state index in [-0.39, 0.29) is 17.3 Å². The van der Waals surface area contributed by atoms with Crippen molar-refractivity contribution in [3.63, 3.8) is 0 Å². The number of anilines is 2. The van der Waals surface area contributed by atoms with Crippen LogP contribution in [0.5, 0.6) is 0 Å². The topological polar surface area (TPSA) is 93.0 Å². The molecule has 17 heavy (non-hydrogen) atoms. The summed E-state index contributed by atoms with van der Waals surface area (Å²) in [6.45, 7) is 4.84. The van der Waals surface area contributed by atoms with E-state index in [1.54, 1.807) is 7.05 Å². The van der Waals surface area contributed by atoms with E-state index in [0.717, 1.165) is 6.42 Å². The fourth-order valence-electron chi connectivity index (χ4n) is 1.34. The molecule has 0 saturated heterocycles. The van der Waals surface area contributed by atoms with Crippen molar-refractivity contribution in [2.45, 2.75) is 20.3 Å². The lowest BCUT2D eigenvalue weighted by molar-refractivity contribution is -0.383. The molecule has 0 fully saturated rings. The van der Waals surface area contributed by atoms with Crippen LogP contribution < -0.4 is 10.6 Å². The number of hydrogen-bond donors (Lipinski definition) is 2. The van der Waals surface area contributed by atoms with Gasteiger partial charge in [-0.25, -0.2) is 9.97 Å². The monoisotopic (exact) mass is 239 g/mol. The van der Waals surface area contributed by atoms with Gasteiger partial charge >= 0.3 is 5.69 Å². The Bertz CT molecular complexity index is 394. The van der Waals surface area contributed by atoms with E-state index in [9.17, 15) is 10.1 Å². The number of aromatic nitrogens is 2. The largest absolute Gasteiger partial charge is 0.367 e. The maximum atomic E-state index is 10.9. The molecule has 7 heteroatoms. The molecule has 2 N–H and O–H groups in total. The average Bonchev–Trinajstić information content (AvgIpc) is 2.27. The van der Waals surface area contributed by atoms with E-state index < -0.39 is 4.92 Å². The van der Waals surface area contributed by atoms with Gasteiger partial charge in [-0.15, -0.1) is 0 Å². The van der Waals surface area contributed by atoms with Crippen LogP contribution in [-0.2, 0) is 0 Å². The fourth-order valence-corrected chi connectivity index (χ4v) is 1.34. The molecule has 0 amide bonds. The van der Waals surface area contributed by atoms with Gasteiger partial charge in [-0.1, -0.05) is 13.8 Å². The van der Waals surface area contributed by atoms with E-state index in [2.05, 4.69) is 34.4 Å². The first kappa shape index (κ1) is 13.1. The predicted octanol–water partition coefficient (Wildman–Crippen LogP) is 1.88. The average molecular weight is 239 g/mol. The summed E-state index contributed by atoms with van der Waals surface area (Å²) in [5, 5.41) is 16.6. The first-order valence-electron chi connectivity index (χ1n) is 5.47. The zero-order valence-corrected chi connectivity index (χ0v) is 10.2. The number of nitro groups is 1. The molecule has 0 radical (unpaired) electrons. The smallest absolute Gasteiger partial charge is 0.353 e. The second-order valence-electron chi connectivity index (χ2n) is 4.04. The van der Waals surface area contributed by atoms with E-state index in [4.69, 9.17) is 0 Å². The van der Waals surface area contributed by atoms with Gasteiger partial charge in [0.15, 0.2) is 0 Å². The second-order valence-corrected chi connectivity index (χ2v) is 4.04. The Morgan fingerprint density at radius 3 is 2.59 bits per heavy atom. The summed E-state index contributed by atoms with van der Waals surface area (Å²) in [5.74, 6) is 1.01. The van der Waals surface area contributed by atoms with Crippen LogP contribution in [0.25, 0.3) is 0 Å². The fraction of sp³-hybridized carbons (Fsp3) is 0.600. The standard InChI is InChI=1S/C10H17N5O2/c1-7(2)4-5-12-10-8(15(16)17)9(11-3)13-6-14-10/h6-7H,4-5H2,1-3H3,(H2,11,12,13,14). The van der Waals surface area contributed by atoms with Gasteiger partial charge in [0.25, 0.3) is 0 Å². The molecule has 0 saturated carbocycles. The Balaban J connectivity index is 2.87. The Kier molecular flexibility index (Phi) is 4.62. The van der Waals surface area contributed by atoms with Crippen molar-refractivity contribution in [3.05, 3.63) is 16.4 Å². The Hall–Kier alpha value is -1.92. The van der Waals surface area contributed by atoms with Crippen LogP contribution in [0.4, 0.5) is 17.3 Å². The lowest BCUT2D eigenvalue weighted by Crippen LogP contribution is -2.10. The minimum Gasteiger partial charge on any atom is -0.367 e. The highest BCUT2D eigenvalue weighted by molar-refractivity contribution is 5.68. The highest BCUT2D eigenvalue weighted by atomic mass is 16.6. The predicted molar refractivity (Wildman–Crippen MR) is 66.2 cm³/mol. The lowest BCUT2D eigenvalue weighted by Gasteiger charge is -2.09. The minimum absolute atomic E-state index is 0.112. The van der Waals surface area contributed by atoms with Gasteiger partial charge in [0, 0.05) is 13.6 Å². The molecule has 0 aliphatic heterocycles. The van der Waals surface area contributed by atoms with Gasteiger partial charge < -0.3 is 10.6 Å². The molecule has 1 aromatic rings. The molecule has 0 aliphatic rings. The number of hydrogen-bond acceptors (Lipinski definition) is 6. The summed E-state index contributed by atoms with van der Waals surface area (Å²) in [4.78, 5) is 18.2. The second kappa shape index (κ2) is 5.97. The van der Waals surface area contributed by atoms with Crippen LogP contribution in [0.15, 0.2) is 6.33 Å². The first-order chi connectivity index (χ1) is 8.06. The summed E-state index contributed by atoms with van der Waals surface area (Å²) < 4.78 is 0. The molecule has 0 unspecified atom stereocenters. The van der Waals surface area contributed by atoms with E-state index in [0.29, 0.717) is 12.5 Å². The molecule has 0 aromatic carbocycles. The van der Waals surface area contributed by atoms with Crippen LogP contribution in [0.1, 0.15) is 20.3 Å². The first-order valence-corrected chi connectivity index (χ1v) is 5.47. The SMILES string of the molecule is CNc1ncnc(NCCC(C)C)c1[N+](=O)[O-]. The molecular formula is C10H17N5O2. The number of nitrogens with one attached hydrogen (secondary N) is 2. The zero-order chi connectivity index (χ0) is 12.8. The molecule has 1 heterocycles. The lowest BCUT2D eigenvalue weighted by atomic mass is 10.1. The molecule has 0 aliphatic carbocycles. The Morgan fingerprint density at radius 1 is 1.41 bits per heavy atom. The van der Waals surface area contributed by atoms with Crippen LogP contribution in [0.2, 0.25) is 0 Å². The van der Waals surface area contributed by atoms with Gasteiger partial charge in [-0.05, 0) is 12.3 Å². The number of nitrogens with zero attached hydrogens (tertiary/aromatic N) is 3. The van der Waals surface area contributed by atoms with Crippen molar-refractivity contribution in [2.24, 2.45) is 5.92 Å². The van der Waals surface area contributed by atoms with Gasteiger partial charge in [-0.3, -0.25) is 10.1 Å². The molecule has 1 aromatic heterocycles.